The van der Waals surface area contributed by atoms with E-state index in [1.807, 2.05) is 6.07 Å². The van der Waals surface area contributed by atoms with Crippen LogP contribution in [0.4, 0.5) is 0 Å². The number of aromatic nitrogens is 2. The van der Waals surface area contributed by atoms with E-state index in [1.165, 1.54) is 0 Å². The van der Waals surface area contributed by atoms with Crippen LogP contribution >= 0.6 is 0 Å². The van der Waals surface area contributed by atoms with E-state index in [4.69, 9.17) is 0 Å². The number of nitrogens with one attached hydrogen (secondary N) is 3. The first kappa shape index (κ1) is 13.3. The Bertz CT molecular complexity index is 768. The number of benzene rings is 1. The topological polar surface area (TPSA) is 104 Å². The summed E-state index contributed by atoms with van der Waals surface area (Å²) in [5, 5.41) is 13.0. The monoisotopic (exact) mass is 286 g/mol. The van der Waals surface area contributed by atoms with Crippen molar-refractivity contribution in [1.29, 1.82) is 0 Å². The molecule has 1 fully saturated rings. The van der Waals surface area contributed by atoms with Crippen LogP contribution in [0.25, 0.3) is 10.8 Å². The van der Waals surface area contributed by atoms with Crippen LogP contribution in [-0.2, 0) is 16.1 Å². The Balaban J connectivity index is 1.77. The molecular weight excluding hydrogens is 272 g/mol. The molecule has 1 aromatic carbocycles. The van der Waals surface area contributed by atoms with Gasteiger partial charge in [0.05, 0.1) is 17.6 Å². The van der Waals surface area contributed by atoms with Crippen LogP contribution < -0.4 is 16.2 Å². The summed E-state index contributed by atoms with van der Waals surface area (Å²) >= 11 is 0. The van der Waals surface area contributed by atoms with Crippen molar-refractivity contribution >= 4 is 22.6 Å². The molecule has 0 spiro atoms. The van der Waals surface area contributed by atoms with E-state index in [1.54, 1.807) is 18.2 Å². The average molecular weight is 286 g/mol. The van der Waals surface area contributed by atoms with Gasteiger partial charge >= 0.3 is 0 Å². The van der Waals surface area contributed by atoms with Crippen molar-refractivity contribution in [3.8, 4) is 0 Å². The Labute approximate surface area is 119 Å². The molecule has 2 amide bonds. The van der Waals surface area contributed by atoms with Crippen LogP contribution in [0.2, 0.25) is 0 Å². The van der Waals surface area contributed by atoms with E-state index in [0.717, 1.165) is 0 Å². The lowest BCUT2D eigenvalue weighted by molar-refractivity contribution is -0.125. The summed E-state index contributed by atoms with van der Waals surface area (Å²) in [7, 11) is 0. The average Bonchev–Trinajstić information content (AvgIpc) is 2.93. The number of hydrogen-bond donors (Lipinski definition) is 3. The second-order valence-corrected chi connectivity index (χ2v) is 4.92. The largest absolute Gasteiger partial charge is 0.349 e. The molecule has 7 nitrogen and oxygen atoms in total. The first-order chi connectivity index (χ1) is 10.1. The Hall–Kier alpha value is -2.70. The third-order valence-corrected chi connectivity index (χ3v) is 3.52. The SMILES string of the molecule is O=C1CCC(C(=O)NCc2n[nH]c(=O)c3ccccc23)N1. The first-order valence-electron chi connectivity index (χ1n) is 6.68. The zero-order valence-electron chi connectivity index (χ0n) is 11.2. The second kappa shape index (κ2) is 5.35. The molecule has 1 atom stereocenters. The highest BCUT2D eigenvalue weighted by atomic mass is 16.2. The lowest BCUT2D eigenvalue weighted by Crippen LogP contribution is -2.41. The molecule has 21 heavy (non-hydrogen) atoms. The maximum absolute atomic E-state index is 11.9. The first-order valence-corrected chi connectivity index (χ1v) is 6.68. The molecular formula is C14H14N4O3. The quantitative estimate of drug-likeness (QED) is 0.728. The van der Waals surface area contributed by atoms with Gasteiger partial charge in [0.2, 0.25) is 11.8 Å². The Kier molecular flexibility index (Phi) is 3.39. The molecule has 0 bridgehead atoms. The number of hydrogen-bond acceptors (Lipinski definition) is 4. The Morgan fingerprint density at radius 3 is 2.76 bits per heavy atom. The van der Waals surface area contributed by atoms with Crippen molar-refractivity contribution in [3.05, 3.63) is 40.3 Å². The summed E-state index contributed by atoms with van der Waals surface area (Å²) in [6, 6.07) is 6.60. The number of H-pyrrole nitrogens is 1. The van der Waals surface area contributed by atoms with Gasteiger partial charge in [-0.3, -0.25) is 14.4 Å². The molecule has 2 aromatic rings. The minimum Gasteiger partial charge on any atom is -0.349 e. The number of fused-ring (bicyclic) bond motifs is 1. The summed E-state index contributed by atoms with van der Waals surface area (Å²) in [4.78, 5) is 34.7. The second-order valence-electron chi connectivity index (χ2n) is 4.92. The molecule has 0 saturated carbocycles. The van der Waals surface area contributed by atoms with Gasteiger partial charge in [-0.1, -0.05) is 18.2 Å². The number of carbonyl (C=O) groups excluding carboxylic acids is 2. The van der Waals surface area contributed by atoms with Crippen molar-refractivity contribution in [3.63, 3.8) is 0 Å². The molecule has 2 heterocycles. The fourth-order valence-electron chi connectivity index (χ4n) is 2.41. The molecule has 3 N–H and O–H groups in total. The predicted molar refractivity (Wildman–Crippen MR) is 75.4 cm³/mol. The Morgan fingerprint density at radius 2 is 2.05 bits per heavy atom. The number of nitrogens with zero attached hydrogens (tertiary/aromatic N) is 1. The fourth-order valence-corrected chi connectivity index (χ4v) is 2.41. The van der Waals surface area contributed by atoms with Crippen LogP contribution in [0.15, 0.2) is 29.1 Å². The molecule has 1 unspecified atom stereocenters. The smallest absolute Gasteiger partial charge is 0.272 e. The van der Waals surface area contributed by atoms with Gasteiger partial charge in [-0.05, 0) is 12.5 Å². The van der Waals surface area contributed by atoms with Crippen LogP contribution in [0.3, 0.4) is 0 Å². The van der Waals surface area contributed by atoms with Crippen molar-refractivity contribution < 1.29 is 9.59 Å². The van der Waals surface area contributed by atoms with Gasteiger partial charge in [-0.25, -0.2) is 5.10 Å². The summed E-state index contributed by atoms with van der Waals surface area (Å²) in [6.07, 6.45) is 0.877. The maximum Gasteiger partial charge on any atom is 0.272 e. The highest BCUT2D eigenvalue weighted by molar-refractivity contribution is 5.91. The van der Waals surface area contributed by atoms with E-state index in [9.17, 15) is 14.4 Å². The van der Waals surface area contributed by atoms with Crippen LogP contribution in [-0.4, -0.2) is 28.1 Å². The van der Waals surface area contributed by atoms with Crippen LogP contribution in [0.5, 0.6) is 0 Å². The summed E-state index contributed by atoms with van der Waals surface area (Å²) in [5.74, 6) is -0.347. The van der Waals surface area contributed by atoms with Gasteiger partial charge in [-0.15, -0.1) is 0 Å². The molecule has 1 saturated heterocycles. The van der Waals surface area contributed by atoms with E-state index < -0.39 is 6.04 Å². The van der Waals surface area contributed by atoms with Crippen LogP contribution in [0, 0.1) is 0 Å². The third-order valence-electron chi connectivity index (χ3n) is 3.52. The van der Waals surface area contributed by atoms with E-state index in [0.29, 0.717) is 29.3 Å². The molecule has 7 heteroatoms. The third kappa shape index (κ3) is 2.62. The van der Waals surface area contributed by atoms with Gasteiger partial charge in [0.1, 0.15) is 6.04 Å². The molecule has 1 aliphatic rings. The summed E-state index contributed by atoms with van der Waals surface area (Å²) in [5.41, 5.74) is 0.326. The molecule has 1 aromatic heterocycles. The number of rotatable bonds is 3. The van der Waals surface area contributed by atoms with Crippen molar-refractivity contribution in [2.75, 3.05) is 0 Å². The van der Waals surface area contributed by atoms with E-state index in [2.05, 4.69) is 20.8 Å². The minimum absolute atomic E-state index is 0.109. The number of amides is 2. The minimum atomic E-state index is -0.480. The lowest BCUT2D eigenvalue weighted by atomic mass is 10.1. The molecule has 3 rings (SSSR count). The summed E-state index contributed by atoms with van der Waals surface area (Å²) < 4.78 is 0. The van der Waals surface area contributed by atoms with E-state index >= 15 is 0 Å². The molecule has 0 aliphatic carbocycles. The number of carbonyl (C=O) groups is 2. The van der Waals surface area contributed by atoms with Gasteiger partial charge in [-0.2, -0.15) is 5.10 Å². The van der Waals surface area contributed by atoms with E-state index in [-0.39, 0.29) is 23.9 Å². The molecule has 1 aliphatic heterocycles. The van der Waals surface area contributed by atoms with Gasteiger partial charge in [0.25, 0.3) is 5.56 Å². The van der Waals surface area contributed by atoms with Crippen LogP contribution in [0.1, 0.15) is 18.5 Å². The number of aromatic amines is 1. The molecule has 0 radical (unpaired) electrons. The standard InChI is InChI=1S/C14H14N4O3/c19-12-6-5-10(16-12)14(21)15-7-11-8-3-1-2-4-9(8)13(20)18-17-11/h1-4,10H,5-7H2,(H,15,21)(H,16,19)(H,18,20). The van der Waals surface area contributed by atoms with Gasteiger partial charge in [0.15, 0.2) is 0 Å². The van der Waals surface area contributed by atoms with Gasteiger partial charge < -0.3 is 10.6 Å². The zero-order valence-corrected chi connectivity index (χ0v) is 11.2. The zero-order chi connectivity index (χ0) is 14.8. The van der Waals surface area contributed by atoms with Crippen molar-refractivity contribution in [2.45, 2.75) is 25.4 Å². The highest BCUT2D eigenvalue weighted by Gasteiger charge is 2.26. The van der Waals surface area contributed by atoms with Gasteiger partial charge in [0, 0.05) is 11.8 Å². The highest BCUT2D eigenvalue weighted by Crippen LogP contribution is 2.12. The predicted octanol–water partition coefficient (Wildman–Crippen LogP) is -0.182. The fraction of sp³-hybridized carbons (Fsp3) is 0.286. The maximum atomic E-state index is 11.9. The summed E-state index contributed by atoms with van der Waals surface area (Å²) in [6.45, 7) is 0.197. The molecule has 108 valence electrons. The Morgan fingerprint density at radius 1 is 1.29 bits per heavy atom. The normalized spacial score (nSPS) is 17.7. The van der Waals surface area contributed by atoms with Crippen molar-refractivity contribution in [1.82, 2.24) is 20.8 Å². The van der Waals surface area contributed by atoms with Crippen molar-refractivity contribution in [2.24, 2.45) is 0 Å². The lowest BCUT2D eigenvalue weighted by Gasteiger charge is -2.11.